The van der Waals surface area contributed by atoms with Gasteiger partial charge in [-0.3, -0.25) is 9.67 Å². The molecule has 1 unspecified atom stereocenters. The van der Waals surface area contributed by atoms with Gasteiger partial charge in [-0.2, -0.15) is 5.10 Å². The summed E-state index contributed by atoms with van der Waals surface area (Å²) in [5.41, 5.74) is 1.98. The quantitative estimate of drug-likeness (QED) is 0.800. The Kier molecular flexibility index (Phi) is 3.40. The van der Waals surface area contributed by atoms with Gasteiger partial charge in [0.2, 0.25) is 0 Å². The van der Waals surface area contributed by atoms with Crippen LogP contribution < -0.4 is 5.32 Å². The highest BCUT2D eigenvalue weighted by Crippen LogP contribution is 2.27. The molecule has 102 valence electrons. The molecule has 0 aliphatic rings. The number of rotatable bonds is 3. The van der Waals surface area contributed by atoms with E-state index in [1.165, 1.54) is 0 Å². The molecule has 6 heteroatoms. The van der Waals surface area contributed by atoms with Crippen LogP contribution in [0.2, 0.25) is 0 Å². The maximum atomic E-state index is 4.37. The van der Waals surface area contributed by atoms with Crippen LogP contribution in [-0.2, 0) is 7.05 Å². The van der Waals surface area contributed by atoms with Crippen LogP contribution in [-0.4, -0.2) is 19.7 Å². The summed E-state index contributed by atoms with van der Waals surface area (Å²) in [7, 11) is 1.86. The topological polar surface area (TPSA) is 55.6 Å². The van der Waals surface area contributed by atoms with Crippen LogP contribution in [0.4, 0.5) is 5.69 Å². The molecular weight excluding hydrogens is 318 g/mol. The van der Waals surface area contributed by atoms with Gasteiger partial charge >= 0.3 is 0 Å². The maximum Gasteiger partial charge on any atom is 0.172 e. The van der Waals surface area contributed by atoms with Crippen molar-refractivity contribution in [2.45, 2.75) is 13.0 Å². The minimum atomic E-state index is 0.0285. The summed E-state index contributed by atoms with van der Waals surface area (Å²) in [5.74, 6) is 0.771. The number of aryl methyl sites for hydroxylation is 1. The Morgan fingerprint density at radius 3 is 2.85 bits per heavy atom. The van der Waals surface area contributed by atoms with Crippen molar-refractivity contribution in [2.75, 3.05) is 5.32 Å². The van der Waals surface area contributed by atoms with E-state index in [0.717, 1.165) is 26.9 Å². The first-order valence-electron chi connectivity index (χ1n) is 6.30. The van der Waals surface area contributed by atoms with Gasteiger partial charge < -0.3 is 5.32 Å². The number of benzene rings is 1. The molecular formula is C14H14BrN5. The lowest BCUT2D eigenvalue weighted by Crippen LogP contribution is -2.09. The molecule has 3 rings (SSSR count). The number of nitrogens with one attached hydrogen (secondary N) is 1. The third-order valence-electron chi connectivity index (χ3n) is 3.08. The second-order valence-electron chi connectivity index (χ2n) is 4.66. The number of hydrogen-bond acceptors (Lipinski definition) is 4. The van der Waals surface area contributed by atoms with Gasteiger partial charge in [-0.05, 0) is 31.2 Å². The molecule has 2 aromatic heterocycles. The molecule has 0 spiro atoms. The molecule has 2 heterocycles. The van der Waals surface area contributed by atoms with Crippen molar-refractivity contribution < 1.29 is 0 Å². The normalized spacial score (nSPS) is 12.6. The van der Waals surface area contributed by atoms with E-state index in [2.05, 4.69) is 42.4 Å². The standard InChI is InChI=1S/C14H14BrN5/c1-9(14-17-8-20(2)19-14)18-13-5-6-16-12-4-3-10(15)7-11(12)13/h3-9H,1-2H3,(H,16,18). The monoisotopic (exact) mass is 331 g/mol. The van der Waals surface area contributed by atoms with Crippen LogP contribution in [0.1, 0.15) is 18.8 Å². The summed E-state index contributed by atoms with van der Waals surface area (Å²) in [6.45, 7) is 2.04. The van der Waals surface area contributed by atoms with Crippen molar-refractivity contribution in [3.05, 3.63) is 47.1 Å². The summed E-state index contributed by atoms with van der Waals surface area (Å²) in [4.78, 5) is 8.64. The summed E-state index contributed by atoms with van der Waals surface area (Å²) in [6.07, 6.45) is 3.51. The summed E-state index contributed by atoms with van der Waals surface area (Å²) < 4.78 is 2.74. The zero-order chi connectivity index (χ0) is 14.1. The lowest BCUT2D eigenvalue weighted by Gasteiger charge is -2.14. The van der Waals surface area contributed by atoms with Gasteiger partial charge in [0.15, 0.2) is 5.82 Å². The van der Waals surface area contributed by atoms with Crippen LogP contribution in [0.3, 0.4) is 0 Å². The Labute approximate surface area is 125 Å². The molecule has 0 aliphatic heterocycles. The fraction of sp³-hybridized carbons (Fsp3) is 0.214. The molecule has 1 aromatic carbocycles. The first-order chi connectivity index (χ1) is 9.63. The first-order valence-corrected chi connectivity index (χ1v) is 7.09. The van der Waals surface area contributed by atoms with Crippen molar-refractivity contribution in [3.63, 3.8) is 0 Å². The number of anilines is 1. The molecule has 3 aromatic rings. The average molecular weight is 332 g/mol. The van der Waals surface area contributed by atoms with Gasteiger partial charge in [0.25, 0.3) is 0 Å². The van der Waals surface area contributed by atoms with Crippen molar-refractivity contribution in [1.82, 2.24) is 19.7 Å². The molecule has 1 atom stereocenters. The van der Waals surface area contributed by atoms with Crippen LogP contribution in [0.15, 0.2) is 41.3 Å². The highest BCUT2D eigenvalue weighted by atomic mass is 79.9. The minimum absolute atomic E-state index is 0.0285. The maximum absolute atomic E-state index is 4.37. The van der Waals surface area contributed by atoms with Crippen molar-refractivity contribution in [3.8, 4) is 0 Å². The van der Waals surface area contributed by atoms with Gasteiger partial charge in [0, 0.05) is 28.8 Å². The second-order valence-corrected chi connectivity index (χ2v) is 5.58. The van der Waals surface area contributed by atoms with Gasteiger partial charge in [-0.15, -0.1) is 0 Å². The highest BCUT2D eigenvalue weighted by Gasteiger charge is 2.11. The molecule has 0 aliphatic carbocycles. The fourth-order valence-corrected chi connectivity index (χ4v) is 2.46. The predicted molar refractivity (Wildman–Crippen MR) is 82.5 cm³/mol. The lowest BCUT2D eigenvalue weighted by molar-refractivity contribution is 0.715. The van der Waals surface area contributed by atoms with Gasteiger partial charge in [0.05, 0.1) is 11.6 Å². The largest absolute Gasteiger partial charge is 0.375 e. The zero-order valence-corrected chi connectivity index (χ0v) is 12.8. The van der Waals surface area contributed by atoms with E-state index in [4.69, 9.17) is 0 Å². The highest BCUT2D eigenvalue weighted by molar-refractivity contribution is 9.10. The van der Waals surface area contributed by atoms with Crippen LogP contribution in [0.5, 0.6) is 0 Å². The molecule has 0 amide bonds. The molecule has 1 N–H and O–H groups in total. The fourth-order valence-electron chi connectivity index (χ4n) is 2.10. The molecule has 0 bridgehead atoms. The first kappa shape index (κ1) is 13.1. The van der Waals surface area contributed by atoms with Gasteiger partial charge in [-0.1, -0.05) is 15.9 Å². The summed E-state index contributed by atoms with van der Waals surface area (Å²) in [6, 6.07) is 8.04. The molecule has 0 saturated carbocycles. The Morgan fingerprint density at radius 2 is 2.10 bits per heavy atom. The van der Waals surface area contributed by atoms with E-state index >= 15 is 0 Å². The van der Waals surface area contributed by atoms with E-state index < -0.39 is 0 Å². The van der Waals surface area contributed by atoms with E-state index in [0.29, 0.717) is 0 Å². The van der Waals surface area contributed by atoms with Crippen LogP contribution in [0, 0.1) is 0 Å². The van der Waals surface area contributed by atoms with E-state index in [1.54, 1.807) is 17.2 Å². The number of halogens is 1. The zero-order valence-electron chi connectivity index (χ0n) is 11.2. The van der Waals surface area contributed by atoms with Gasteiger partial charge in [-0.25, -0.2) is 4.98 Å². The van der Waals surface area contributed by atoms with Crippen molar-refractivity contribution in [1.29, 1.82) is 0 Å². The SMILES string of the molecule is CC(Nc1ccnc2ccc(Br)cc12)c1ncn(C)n1. The van der Waals surface area contributed by atoms with E-state index in [-0.39, 0.29) is 6.04 Å². The number of hydrogen-bond donors (Lipinski definition) is 1. The number of aromatic nitrogens is 4. The van der Waals surface area contributed by atoms with Crippen LogP contribution >= 0.6 is 15.9 Å². The van der Waals surface area contributed by atoms with E-state index in [9.17, 15) is 0 Å². The smallest absolute Gasteiger partial charge is 0.172 e. The number of fused-ring (bicyclic) bond motifs is 1. The lowest BCUT2D eigenvalue weighted by atomic mass is 10.1. The Balaban J connectivity index is 1.96. The molecule has 0 fully saturated rings. The molecule has 0 saturated heterocycles. The Morgan fingerprint density at radius 1 is 1.25 bits per heavy atom. The number of pyridine rings is 1. The van der Waals surface area contributed by atoms with E-state index in [1.807, 2.05) is 32.2 Å². The minimum Gasteiger partial charge on any atom is -0.375 e. The van der Waals surface area contributed by atoms with Gasteiger partial charge in [0.1, 0.15) is 6.33 Å². The van der Waals surface area contributed by atoms with Crippen molar-refractivity contribution >= 4 is 32.5 Å². The third kappa shape index (κ3) is 2.51. The van der Waals surface area contributed by atoms with Crippen molar-refractivity contribution in [2.24, 2.45) is 7.05 Å². The molecule has 5 nitrogen and oxygen atoms in total. The summed E-state index contributed by atoms with van der Waals surface area (Å²) in [5, 5.41) is 8.84. The summed E-state index contributed by atoms with van der Waals surface area (Å²) >= 11 is 3.50. The Hall–Kier alpha value is -1.95. The average Bonchev–Trinajstić information content (AvgIpc) is 2.86. The second kappa shape index (κ2) is 5.20. The third-order valence-corrected chi connectivity index (χ3v) is 3.57. The van der Waals surface area contributed by atoms with Crippen LogP contribution in [0.25, 0.3) is 10.9 Å². The predicted octanol–water partition coefficient (Wildman–Crippen LogP) is 3.30. The molecule has 0 radical (unpaired) electrons. The number of nitrogens with zero attached hydrogens (tertiary/aromatic N) is 4. The Bertz CT molecular complexity index is 752. The molecule has 20 heavy (non-hydrogen) atoms.